The fourth-order valence-corrected chi connectivity index (χ4v) is 7.84. The van der Waals surface area contributed by atoms with Gasteiger partial charge in [0, 0.05) is 19.3 Å². The third-order valence-corrected chi connectivity index (χ3v) is 11.9. The maximum absolute atomic E-state index is 12.8. The highest BCUT2D eigenvalue weighted by Gasteiger charge is 2.19. The average Bonchev–Trinajstić information content (AvgIpc) is 3.26. The topological polar surface area (TPSA) is 78.9 Å². The number of allylic oxidation sites excluding steroid dienone is 4. The lowest BCUT2D eigenvalue weighted by Crippen LogP contribution is -2.30. The molecule has 0 saturated heterocycles. The summed E-state index contributed by atoms with van der Waals surface area (Å²) in [6.07, 6.45) is 57.4. The predicted molar refractivity (Wildman–Crippen MR) is 261 cm³/mol. The van der Waals surface area contributed by atoms with Gasteiger partial charge >= 0.3 is 17.9 Å². The van der Waals surface area contributed by atoms with Crippen molar-refractivity contribution in [3.63, 3.8) is 0 Å². The van der Waals surface area contributed by atoms with Crippen LogP contribution in [-0.2, 0) is 28.6 Å². The van der Waals surface area contributed by atoms with E-state index < -0.39 is 6.10 Å². The van der Waals surface area contributed by atoms with Gasteiger partial charge in [-0.3, -0.25) is 14.4 Å². The van der Waals surface area contributed by atoms with Crippen LogP contribution in [0.15, 0.2) is 24.3 Å². The first-order valence-corrected chi connectivity index (χ1v) is 26.8. The maximum Gasteiger partial charge on any atom is 0.306 e. The van der Waals surface area contributed by atoms with Gasteiger partial charge in [0.05, 0.1) is 0 Å². The van der Waals surface area contributed by atoms with Gasteiger partial charge in [-0.25, -0.2) is 0 Å². The maximum atomic E-state index is 12.8. The zero-order chi connectivity index (χ0) is 44.4. The Labute approximate surface area is 379 Å². The van der Waals surface area contributed by atoms with Gasteiger partial charge in [-0.15, -0.1) is 0 Å². The number of carbonyl (C=O) groups excluding carboxylic acids is 3. The molecular weight excluding hydrogens is 757 g/mol. The minimum absolute atomic E-state index is 0.0725. The fourth-order valence-electron chi connectivity index (χ4n) is 7.84. The van der Waals surface area contributed by atoms with Crippen LogP contribution >= 0.6 is 0 Å². The van der Waals surface area contributed by atoms with Gasteiger partial charge in [-0.2, -0.15) is 0 Å². The van der Waals surface area contributed by atoms with E-state index in [0.717, 1.165) is 64.2 Å². The molecule has 0 aliphatic carbocycles. The third-order valence-electron chi connectivity index (χ3n) is 11.9. The monoisotopic (exact) mass is 859 g/mol. The van der Waals surface area contributed by atoms with Crippen molar-refractivity contribution in [1.29, 1.82) is 0 Å². The van der Waals surface area contributed by atoms with E-state index in [1.54, 1.807) is 0 Å². The third kappa shape index (κ3) is 48.8. The first kappa shape index (κ1) is 58.9. The van der Waals surface area contributed by atoms with Gasteiger partial charge < -0.3 is 14.2 Å². The van der Waals surface area contributed by atoms with Gasteiger partial charge in [-0.05, 0) is 70.6 Å². The molecule has 61 heavy (non-hydrogen) atoms. The molecule has 0 aromatic heterocycles. The zero-order valence-corrected chi connectivity index (χ0v) is 40.9. The van der Waals surface area contributed by atoms with E-state index in [1.807, 2.05) is 0 Å². The first-order valence-electron chi connectivity index (χ1n) is 26.8. The van der Waals surface area contributed by atoms with Gasteiger partial charge in [-0.1, -0.05) is 225 Å². The van der Waals surface area contributed by atoms with Crippen LogP contribution in [-0.4, -0.2) is 37.2 Å². The van der Waals surface area contributed by atoms with Crippen molar-refractivity contribution in [1.82, 2.24) is 0 Å². The van der Waals surface area contributed by atoms with Crippen LogP contribution in [0.2, 0.25) is 0 Å². The van der Waals surface area contributed by atoms with E-state index in [9.17, 15) is 14.4 Å². The van der Waals surface area contributed by atoms with Crippen LogP contribution in [0.3, 0.4) is 0 Å². The van der Waals surface area contributed by atoms with E-state index in [4.69, 9.17) is 14.2 Å². The molecule has 0 N–H and O–H groups in total. The molecule has 6 nitrogen and oxygen atoms in total. The number of ether oxygens (including phenoxy) is 3. The summed E-state index contributed by atoms with van der Waals surface area (Å²) in [4.78, 5) is 37.9. The van der Waals surface area contributed by atoms with E-state index in [0.29, 0.717) is 19.3 Å². The lowest BCUT2D eigenvalue weighted by atomic mass is 10.1. The second-order valence-electron chi connectivity index (χ2n) is 18.1. The first-order chi connectivity index (χ1) is 30.0. The highest BCUT2D eigenvalue weighted by Crippen LogP contribution is 2.15. The quantitative estimate of drug-likeness (QED) is 0.0262. The van der Waals surface area contributed by atoms with E-state index in [2.05, 4.69) is 45.1 Å². The number of rotatable bonds is 49. The minimum Gasteiger partial charge on any atom is -0.462 e. The normalized spacial score (nSPS) is 12.1. The summed E-state index contributed by atoms with van der Waals surface area (Å²) in [7, 11) is 0. The van der Waals surface area contributed by atoms with Crippen LogP contribution in [0.25, 0.3) is 0 Å². The van der Waals surface area contributed by atoms with Crippen molar-refractivity contribution in [3.05, 3.63) is 24.3 Å². The summed E-state index contributed by atoms with van der Waals surface area (Å²) in [5.74, 6) is -0.874. The van der Waals surface area contributed by atoms with E-state index in [-0.39, 0.29) is 31.1 Å². The van der Waals surface area contributed by atoms with Crippen molar-refractivity contribution < 1.29 is 28.6 Å². The molecule has 358 valence electrons. The second kappa shape index (κ2) is 50.5. The molecule has 1 atom stereocenters. The number of esters is 3. The Bertz CT molecular complexity index is 989. The Morgan fingerprint density at radius 2 is 0.541 bits per heavy atom. The van der Waals surface area contributed by atoms with Crippen molar-refractivity contribution in [2.24, 2.45) is 0 Å². The molecule has 0 rings (SSSR count). The molecule has 0 bridgehead atoms. The smallest absolute Gasteiger partial charge is 0.306 e. The summed E-state index contributed by atoms with van der Waals surface area (Å²) >= 11 is 0. The van der Waals surface area contributed by atoms with Gasteiger partial charge in [0.15, 0.2) is 6.10 Å². The Morgan fingerprint density at radius 3 is 0.820 bits per heavy atom. The van der Waals surface area contributed by atoms with Crippen molar-refractivity contribution >= 4 is 17.9 Å². The second-order valence-corrected chi connectivity index (χ2v) is 18.1. The van der Waals surface area contributed by atoms with Crippen molar-refractivity contribution in [3.8, 4) is 0 Å². The van der Waals surface area contributed by atoms with Crippen molar-refractivity contribution in [2.75, 3.05) is 13.2 Å². The number of unbranched alkanes of at least 4 members (excludes halogenated alkanes) is 34. The molecular formula is C55H102O6. The number of carbonyl (C=O) groups is 3. The lowest BCUT2D eigenvalue weighted by Gasteiger charge is -2.18. The Morgan fingerprint density at radius 1 is 0.311 bits per heavy atom. The summed E-state index contributed by atoms with van der Waals surface area (Å²) in [5.41, 5.74) is 0. The van der Waals surface area contributed by atoms with Crippen LogP contribution in [0, 0.1) is 0 Å². The largest absolute Gasteiger partial charge is 0.462 e. The molecule has 0 radical (unpaired) electrons. The van der Waals surface area contributed by atoms with Crippen LogP contribution in [0.1, 0.15) is 290 Å². The molecule has 0 saturated carbocycles. The SMILES string of the molecule is CCCCCCC/C=C\CCCCCCCC(=O)O[C@@H](COC(=O)CCCCCCCCC/C=C\CCCCCCCCCC)COC(=O)CCCCCCCCCCCC. The molecule has 0 aromatic carbocycles. The molecule has 0 spiro atoms. The minimum atomic E-state index is -0.772. The fraction of sp³-hybridized carbons (Fsp3) is 0.873. The summed E-state index contributed by atoms with van der Waals surface area (Å²) in [6, 6.07) is 0. The zero-order valence-electron chi connectivity index (χ0n) is 40.9. The van der Waals surface area contributed by atoms with Crippen LogP contribution < -0.4 is 0 Å². The summed E-state index contributed by atoms with van der Waals surface area (Å²) in [5, 5.41) is 0. The molecule has 0 fully saturated rings. The number of hydrogen-bond donors (Lipinski definition) is 0. The summed E-state index contributed by atoms with van der Waals surface area (Å²) < 4.78 is 16.8. The molecule has 6 heteroatoms. The van der Waals surface area contributed by atoms with Gasteiger partial charge in [0.25, 0.3) is 0 Å². The molecule has 0 heterocycles. The van der Waals surface area contributed by atoms with E-state index in [1.165, 1.54) is 186 Å². The highest BCUT2D eigenvalue weighted by atomic mass is 16.6. The predicted octanol–water partition coefficient (Wildman–Crippen LogP) is 17.5. The Balaban J connectivity index is 4.29. The van der Waals surface area contributed by atoms with Gasteiger partial charge in [0.2, 0.25) is 0 Å². The Hall–Kier alpha value is -2.11. The van der Waals surface area contributed by atoms with Crippen molar-refractivity contribution in [2.45, 2.75) is 297 Å². The average molecular weight is 859 g/mol. The molecule has 0 unspecified atom stereocenters. The highest BCUT2D eigenvalue weighted by molar-refractivity contribution is 5.71. The Kier molecular flexibility index (Phi) is 48.8. The summed E-state index contributed by atoms with van der Waals surface area (Å²) in [6.45, 7) is 6.63. The van der Waals surface area contributed by atoms with Crippen LogP contribution in [0.5, 0.6) is 0 Å². The standard InChI is InChI=1S/C55H102O6/c1-4-7-10-13-16-19-22-24-26-27-28-29-30-32-33-36-39-42-45-48-54(57)60-51-52(50-59-53(56)47-44-41-38-35-21-18-15-12-9-6-3)61-55(58)49-46-43-40-37-34-31-25-23-20-17-14-11-8-5-2/h23,25,27-28,52H,4-22,24,26,29-51H2,1-3H3/b25-23-,28-27-/t52-/m1/s1. The lowest BCUT2D eigenvalue weighted by molar-refractivity contribution is -0.167. The van der Waals surface area contributed by atoms with E-state index >= 15 is 0 Å². The molecule has 0 aromatic rings. The molecule has 0 amide bonds. The van der Waals surface area contributed by atoms with Crippen LogP contribution in [0.4, 0.5) is 0 Å². The number of hydrogen-bond acceptors (Lipinski definition) is 6. The molecule has 0 aliphatic rings. The molecule has 0 aliphatic heterocycles. The van der Waals surface area contributed by atoms with Gasteiger partial charge in [0.1, 0.15) is 13.2 Å².